The molecule has 1 aliphatic carbocycles. The lowest BCUT2D eigenvalue weighted by Gasteiger charge is -2.28. The summed E-state index contributed by atoms with van der Waals surface area (Å²) in [4.78, 5) is 0. The van der Waals surface area contributed by atoms with E-state index in [2.05, 4.69) is 17.4 Å². The fourth-order valence-corrected chi connectivity index (χ4v) is 3.04. The molecule has 1 saturated carbocycles. The van der Waals surface area contributed by atoms with Crippen LogP contribution in [0.3, 0.4) is 0 Å². The Kier molecular flexibility index (Phi) is 3.89. The predicted octanol–water partition coefficient (Wildman–Crippen LogP) is 1.44. The Labute approximate surface area is 114 Å². The minimum Gasteiger partial charge on any atom is -0.454 e. The lowest BCUT2D eigenvalue weighted by molar-refractivity contribution is -0.713. The maximum absolute atomic E-state index is 5.59. The summed E-state index contributed by atoms with van der Waals surface area (Å²) in [5.74, 6) is 1.73. The average molecular weight is 264 g/mol. The van der Waals surface area contributed by atoms with Crippen molar-refractivity contribution < 1.29 is 19.5 Å². The number of quaternary nitrogens is 1. The first-order chi connectivity index (χ1) is 9.36. The second kappa shape index (κ2) is 5.80. The van der Waals surface area contributed by atoms with Crippen LogP contribution in [0.5, 0.6) is 11.5 Å². The average Bonchev–Trinajstić information content (AvgIpc) is 2.93. The van der Waals surface area contributed by atoms with E-state index in [1.54, 1.807) is 0 Å². The number of hydrogen-bond donors (Lipinski definition) is 1. The molecule has 3 rings (SSSR count). The summed E-state index contributed by atoms with van der Waals surface area (Å²) in [6, 6.07) is 6.79. The fourth-order valence-electron chi connectivity index (χ4n) is 3.04. The van der Waals surface area contributed by atoms with Crippen molar-refractivity contribution in [2.24, 2.45) is 0 Å². The van der Waals surface area contributed by atoms with Gasteiger partial charge < -0.3 is 19.5 Å². The highest BCUT2D eigenvalue weighted by Gasteiger charge is 2.27. The number of ether oxygens (including phenoxy) is 3. The second-order valence-electron chi connectivity index (χ2n) is 5.35. The van der Waals surface area contributed by atoms with Gasteiger partial charge in [-0.05, 0) is 31.0 Å². The maximum Gasteiger partial charge on any atom is 0.231 e. The number of hydrogen-bond acceptors (Lipinski definition) is 3. The van der Waals surface area contributed by atoms with Crippen LogP contribution in [0.25, 0.3) is 0 Å². The Bertz CT molecular complexity index is 435. The van der Waals surface area contributed by atoms with Crippen LogP contribution in [0.2, 0.25) is 0 Å². The Morgan fingerprint density at radius 2 is 2.05 bits per heavy atom. The van der Waals surface area contributed by atoms with Gasteiger partial charge in [0.2, 0.25) is 6.79 Å². The van der Waals surface area contributed by atoms with Crippen LogP contribution >= 0.6 is 0 Å². The van der Waals surface area contributed by atoms with Crippen molar-refractivity contribution in [2.75, 3.05) is 13.9 Å². The number of fused-ring (bicyclic) bond motifs is 1. The van der Waals surface area contributed by atoms with Gasteiger partial charge in [-0.1, -0.05) is 6.42 Å². The zero-order valence-corrected chi connectivity index (χ0v) is 11.4. The molecule has 1 aliphatic heterocycles. The molecule has 0 amide bonds. The van der Waals surface area contributed by atoms with Gasteiger partial charge in [0.05, 0.1) is 0 Å². The van der Waals surface area contributed by atoms with E-state index < -0.39 is 0 Å². The summed E-state index contributed by atoms with van der Waals surface area (Å²) in [5.41, 5.74) is 1.28. The van der Waals surface area contributed by atoms with Crippen molar-refractivity contribution in [1.82, 2.24) is 0 Å². The molecule has 19 heavy (non-hydrogen) atoms. The van der Waals surface area contributed by atoms with Gasteiger partial charge in [-0.2, -0.15) is 0 Å². The van der Waals surface area contributed by atoms with E-state index in [4.69, 9.17) is 14.2 Å². The van der Waals surface area contributed by atoms with Gasteiger partial charge in [-0.25, -0.2) is 0 Å². The van der Waals surface area contributed by atoms with Crippen LogP contribution in [0, 0.1) is 0 Å². The van der Waals surface area contributed by atoms with Crippen molar-refractivity contribution in [3.05, 3.63) is 23.8 Å². The SMILES string of the molecule is CO[C@@H]1CCCC[C@@H]1[NH2+]Cc1ccc2c(c1)OCO2. The summed E-state index contributed by atoms with van der Waals surface area (Å²) < 4.78 is 16.3. The molecule has 0 radical (unpaired) electrons. The van der Waals surface area contributed by atoms with E-state index in [9.17, 15) is 0 Å². The molecule has 4 heteroatoms. The van der Waals surface area contributed by atoms with Crippen LogP contribution in [0.1, 0.15) is 31.2 Å². The molecule has 0 saturated heterocycles. The molecule has 4 nitrogen and oxygen atoms in total. The van der Waals surface area contributed by atoms with Gasteiger partial charge in [0, 0.05) is 19.1 Å². The zero-order chi connectivity index (χ0) is 13.1. The van der Waals surface area contributed by atoms with Crippen molar-refractivity contribution in [3.63, 3.8) is 0 Å². The van der Waals surface area contributed by atoms with Crippen LogP contribution in [-0.2, 0) is 11.3 Å². The zero-order valence-electron chi connectivity index (χ0n) is 11.4. The van der Waals surface area contributed by atoms with E-state index in [-0.39, 0.29) is 0 Å². The summed E-state index contributed by atoms with van der Waals surface area (Å²) in [6.45, 7) is 1.32. The van der Waals surface area contributed by atoms with Gasteiger partial charge in [0.25, 0.3) is 0 Å². The minimum atomic E-state index is 0.344. The van der Waals surface area contributed by atoms with Gasteiger partial charge in [-0.15, -0.1) is 0 Å². The quantitative estimate of drug-likeness (QED) is 0.895. The number of rotatable bonds is 4. The molecular weight excluding hydrogens is 242 g/mol. The molecule has 104 valence electrons. The first-order valence-corrected chi connectivity index (χ1v) is 7.11. The summed E-state index contributed by atoms with van der Waals surface area (Å²) >= 11 is 0. The summed E-state index contributed by atoms with van der Waals surface area (Å²) in [7, 11) is 1.83. The van der Waals surface area contributed by atoms with Crippen LogP contribution in [-0.4, -0.2) is 26.0 Å². The molecule has 1 heterocycles. The van der Waals surface area contributed by atoms with Crippen LogP contribution < -0.4 is 14.8 Å². The number of nitrogens with two attached hydrogens (primary N) is 1. The highest BCUT2D eigenvalue weighted by Crippen LogP contribution is 2.32. The van der Waals surface area contributed by atoms with E-state index in [1.165, 1.54) is 31.2 Å². The van der Waals surface area contributed by atoms with Crippen LogP contribution in [0.4, 0.5) is 0 Å². The van der Waals surface area contributed by atoms with Crippen molar-refractivity contribution in [1.29, 1.82) is 0 Å². The first-order valence-electron chi connectivity index (χ1n) is 7.11. The van der Waals surface area contributed by atoms with Crippen molar-refractivity contribution in [2.45, 2.75) is 44.4 Å². The third kappa shape index (κ3) is 2.85. The standard InChI is InChI=1S/C15H21NO3/c1-17-13-5-3-2-4-12(13)16-9-11-6-7-14-15(8-11)19-10-18-14/h6-8,12-13,16H,2-5,9-10H2,1H3/p+1/t12-,13+/m0/s1. The van der Waals surface area contributed by atoms with Gasteiger partial charge in [-0.3, -0.25) is 0 Å². The highest BCUT2D eigenvalue weighted by atomic mass is 16.7. The molecule has 1 aromatic rings. The summed E-state index contributed by atoms with van der Waals surface area (Å²) in [5, 5.41) is 2.41. The molecular formula is C15H22NO3+. The molecule has 0 aromatic heterocycles. The Morgan fingerprint density at radius 1 is 1.21 bits per heavy atom. The maximum atomic E-state index is 5.59. The lowest BCUT2D eigenvalue weighted by atomic mass is 9.92. The smallest absolute Gasteiger partial charge is 0.231 e. The van der Waals surface area contributed by atoms with E-state index >= 15 is 0 Å². The van der Waals surface area contributed by atoms with E-state index in [0.717, 1.165) is 18.0 Å². The second-order valence-corrected chi connectivity index (χ2v) is 5.35. The monoisotopic (exact) mass is 264 g/mol. The van der Waals surface area contributed by atoms with Gasteiger partial charge in [0.1, 0.15) is 18.7 Å². The Morgan fingerprint density at radius 3 is 2.95 bits per heavy atom. The van der Waals surface area contributed by atoms with Gasteiger partial charge >= 0.3 is 0 Å². The molecule has 2 aliphatic rings. The molecule has 2 atom stereocenters. The van der Waals surface area contributed by atoms with Crippen molar-refractivity contribution in [3.8, 4) is 11.5 Å². The number of benzene rings is 1. The third-order valence-corrected chi connectivity index (χ3v) is 4.15. The molecule has 1 aromatic carbocycles. The molecule has 0 spiro atoms. The van der Waals surface area contributed by atoms with Crippen molar-refractivity contribution >= 4 is 0 Å². The minimum absolute atomic E-state index is 0.344. The normalized spacial score (nSPS) is 25.5. The Balaban J connectivity index is 1.59. The lowest BCUT2D eigenvalue weighted by Crippen LogP contribution is -2.91. The largest absolute Gasteiger partial charge is 0.454 e. The van der Waals surface area contributed by atoms with E-state index in [1.807, 2.05) is 13.2 Å². The van der Waals surface area contributed by atoms with Crippen LogP contribution in [0.15, 0.2) is 18.2 Å². The topological polar surface area (TPSA) is 44.3 Å². The molecule has 2 N–H and O–H groups in total. The molecule has 0 unspecified atom stereocenters. The fraction of sp³-hybridized carbons (Fsp3) is 0.600. The molecule has 1 fully saturated rings. The summed E-state index contributed by atoms with van der Waals surface area (Å²) in [6.07, 6.45) is 5.47. The third-order valence-electron chi connectivity index (χ3n) is 4.15. The molecule has 0 bridgehead atoms. The first kappa shape index (κ1) is 12.8. The van der Waals surface area contributed by atoms with E-state index in [0.29, 0.717) is 18.9 Å². The highest BCUT2D eigenvalue weighted by molar-refractivity contribution is 5.44. The predicted molar refractivity (Wildman–Crippen MR) is 71.2 cm³/mol. The van der Waals surface area contributed by atoms with Gasteiger partial charge in [0.15, 0.2) is 11.5 Å². The Hall–Kier alpha value is -1.26. The number of methoxy groups -OCH3 is 1.